The van der Waals surface area contributed by atoms with E-state index in [1.807, 2.05) is 0 Å². The van der Waals surface area contributed by atoms with E-state index in [0.717, 1.165) is 12.0 Å². The second kappa shape index (κ2) is 6.68. The largest absolute Gasteiger partial charge is 0.497 e. The molecule has 0 heterocycles. The Hall–Kier alpha value is -1.75. The lowest BCUT2D eigenvalue weighted by molar-refractivity contribution is -0.106. The highest BCUT2D eigenvalue weighted by Gasteiger charge is 2.01. The van der Waals surface area contributed by atoms with Crippen molar-refractivity contribution in [3.8, 4) is 11.5 Å². The van der Waals surface area contributed by atoms with Crippen molar-refractivity contribution in [1.82, 2.24) is 0 Å². The Labute approximate surface area is 94.0 Å². The summed E-state index contributed by atoms with van der Waals surface area (Å²) < 4.78 is 10.3. The third kappa shape index (κ3) is 3.78. The number of hydrogen-bond donors (Lipinski definition) is 2. The van der Waals surface area contributed by atoms with Gasteiger partial charge in [0, 0.05) is 23.9 Å². The quantitative estimate of drug-likeness (QED) is 0.668. The number of aldehydes is 1. The number of aliphatic hydroxyl groups is 1. The van der Waals surface area contributed by atoms with E-state index < -0.39 is 0 Å². The zero-order valence-electron chi connectivity index (χ0n) is 9.10. The Bertz CT molecular complexity index is 341. The highest BCUT2D eigenvalue weighted by molar-refractivity contribution is 5.61. The summed E-state index contributed by atoms with van der Waals surface area (Å²) in [6.45, 7) is 0.404. The first-order valence-electron chi connectivity index (χ1n) is 4.90. The third-order valence-electron chi connectivity index (χ3n) is 1.87. The highest BCUT2D eigenvalue weighted by Crippen LogP contribution is 2.25. The topological polar surface area (TPSA) is 67.8 Å². The summed E-state index contributed by atoms with van der Waals surface area (Å²) in [5.41, 5.74) is 0.736. The minimum absolute atomic E-state index is 0.0473. The first-order chi connectivity index (χ1) is 7.80. The molecule has 0 bridgehead atoms. The van der Waals surface area contributed by atoms with Gasteiger partial charge in [0.25, 0.3) is 0 Å². The smallest absolute Gasteiger partial charge is 0.139 e. The zero-order valence-corrected chi connectivity index (χ0v) is 9.10. The average molecular weight is 225 g/mol. The molecule has 0 fully saturated rings. The number of anilines is 1. The van der Waals surface area contributed by atoms with Gasteiger partial charge in [-0.05, 0) is 0 Å². The van der Waals surface area contributed by atoms with Crippen molar-refractivity contribution in [2.75, 3.05) is 32.2 Å². The van der Waals surface area contributed by atoms with Gasteiger partial charge in [0.1, 0.15) is 24.4 Å². The highest BCUT2D eigenvalue weighted by atomic mass is 16.5. The molecular formula is C11H15NO4. The Morgan fingerprint density at radius 1 is 1.38 bits per heavy atom. The van der Waals surface area contributed by atoms with Crippen molar-refractivity contribution in [2.24, 2.45) is 0 Å². The molecule has 1 aromatic rings. The van der Waals surface area contributed by atoms with Crippen LogP contribution in [0, 0.1) is 0 Å². The molecule has 1 rings (SSSR count). The number of carbonyl (C=O) groups excluding carboxylic acids is 1. The Morgan fingerprint density at radius 2 is 2.12 bits per heavy atom. The molecular weight excluding hydrogens is 210 g/mol. The fourth-order valence-electron chi connectivity index (χ4n) is 1.20. The van der Waals surface area contributed by atoms with Crippen LogP contribution >= 0.6 is 0 Å². The number of carbonyl (C=O) groups is 1. The van der Waals surface area contributed by atoms with Gasteiger partial charge in [0.15, 0.2) is 0 Å². The van der Waals surface area contributed by atoms with Gasteiger partial charge in [0.05, 0.1) is 20.3 Å². The maximum Gasteiger partial charge on any atom is 0.139 e. The second-order valence-electron chi connectivity index (χ2n) is 3.02. The summed E-state index contributed by atoms with van der Waals surface area (Å²) in [5.74, 6) is 1.21. The van der Waals surface area contributed by atoms with Crippen LogP contribution in [0.5, 0.6) is 11.5 Å². The van der Waals surface area contributed by atoms with Crippen LogP contribution in [0.3, 0.4) is 0 Å². The molecule has 2 N–H and O–H groups in total. The number of benzene rings is 1. The predicted molar refractivity (Wildman–Crippen MR) is 60.1 cm³/mol. The van der Waals surface area contributed by atoms with Crippen LogP contribution in [0.15, 0.2) is 18.2 Å². The monoisotopic (exact) mass is 225 g/mol. The minimum Gasteiger partial charge on any atom is -0.497 e. The minimum atomic E-state index is -0.0473. The fraction of sp³-hybridized carbons (Fsp3) is 0.364. The van der Waals surface area contributed by atoms with E-state index in [9.17, 15) is 4.79 Å². The summed E-state index contributed by atoms with van der Waals surface area (Å²) in [5, 5.41) is 11.5. The van der Waals surface area contributed by atoms with E-state index in [2.05, 4.69) is 5.32 Å². The van der Waals surface area contributed by atoms with Gasteiger partial charge in [-0.1, -0.05) is 0 Å². The van der Waals surface area contributed by atoms with Gasteiger partial charge in [-0.15, -0.1) is 0 Å². The molecule has 0 radical (unpaired) electrons. The van der Waals surface area contributed by atoms with Crippen LogP contribution in [0.25, 0.3) is 0 Å². The molecule has 16 heavy (non-hydrogen) atoms. The summed E-state index contributed by atoms with van der Waals surface area (Å²) in [4.78, 5) is 10.2. The van der Waals surface area contributed by atoms with Crippen LogP contribution in [0.4, 0.5) is 5.69 Å². The van der Waals surface area contributed by atoms with E-state index in [-0.39, 0.29) is 19.8 Å². The molecule has 0 aromatic heterocycles. The second-order valence-corrected chi connectivity index (χ2v) is 3.02. The first-order valence-corrected chi connectivity index (χ1v) is 4.90. The summed E-state index contributed by atoms with van der Waals surface area (Å²) in [6, 6.07) is 5.21. The van der Waals surface area contributed by atoms with Crippen molar-refractivity contribution >= 4 is 12.0 Å². The van der Waals surface area contributed by atoms with Crippen molar-refractivity contribution in [3.05, 3.63) is 18.2 Å². The number of ether oxygens (including phenoxy) is 2. The van der Waals surface area contributed by atoms with Gasteiger partial charge in [-0.3, -0.25) is 0 Å². The van der Waals surface area contributed by atoms with E-state index in [1.54, 1.807) is 25.3 Å². The molecule has 0 aliphatic carbocycles. The van der Waals surface area contributed by atoms with E-state index in [4.69, 9.17) is 14.6 Å². The molecule has 0 saturated carbocycles. The number of methoxy groups -OCH3 is 1. The zero-order chi connectivity index (χ0) is 11.8. The Kier molecular flexibility index (Phi) is 5.15. The van der Waals surface area contributed by atoms with Gasteiger partial charge in [0.2, 0.25) is 0 Å². The van der Waals surface area contributed by atoms with Gasteiger partial charge in [-0.25, -0.2) is 0 Å². The van der Waals surface area contributed by atoms with Crippen LogP contribution < -0.4 is 14.8 Å². The van der Waals surface area contributed by atoms with Crippen molar-refractivity contribution in [3.63, 3.8) is 0 Å². The standard InChI is InChI=1S/C11H15NO4/c1-15-10-6-9(12-2-3-13)7-11(8-10)16-5-4-14/h3,6-8,12,14H,2,4-5H2,1H3. The Balaban J connectivity index is 2.78. The lowest BCUT2D eigenvalue weighted by Crippen LogP contribution is -2.05. The van der Waals surface area contributed by atoms with Gasteiger partial charge < -0.3 is 24.7 Å². The number of rotatable bonds is 7. The molecule has 0 aliphatic heterocycles. The van der Waals surface area contributed by atoms with Gasteiger partial charge >= 0.3 is 0 Å². The van der Waals surface area contributed by atoms with E-state index >= 15 is 0 Å². The number of hydrogen-bond acceptors (Lipinski definition) is 5. The summed E-state index contributed by atoms with van der Waals surface area (Å²) >= 11 is 0. The normalized spacial score (nSPS) is 9.62. The predicted octanol–water partition coefficient (Wildman–Crippen LogP) is 0.677. The average Bonchev–Trinajstić information content (AvgIpc) is 2.33. The lowest BCUT2D eigenvalue weighted by atomic mass is 10.2. The molecule has 0 atom stereocenters. The van der Waals surface area contributed by atoms with E-state index in [0.29, 0.717) is 11.5 Å². The van der Waals surface area contributed by atoms with Crippen molar-refractivity contribution in [1.29, 1.82) is 0 Å². The van der Waals surface area contributed by atoms with Crippen LogP contribution in [0.2, 0.25) is 0 Å². The molecule has 0 unspecified atom stereocenters. The maximum absolute atomic E-state index is 10.2. The molecule has 0 spiro atoms. The van der Waals surface area contributed by atoms with E-state index in [1.165, 1.54) is 0 Å². The Morgan fingerprint density at radius 3 is 2.75 bits per heavy atom. The van der Waals surface area contributed by atoms with Crippen molar-refractivity contribution in [2.45, 2.75) is 0 Å². The molecule has 5 nitrogen and oxygen atoms in total. The summed E-state index contributed by atoms with van der Waals surface area (Å²) in [6.07, 6.45) is 0.772. The number of aliphatic hydroxyl groups excluding tert-OH is 1. The SMILES string of the molecule is COc1cc(NCC=O)cc(OCCO)c1. The molecule has 0 aliphatic rings. The molecule has 0 amide bonds. The van der Waals surface area contributed by atoms with Gasteiger partial charge in [-0.2, -0.15) is 0 Å². The number of nitrogens with one attached hydrogen (secondary N) is 1. The molecule has 88 valence electrons. The molecule has 5 heteroatoms. The summed E-state index contributed by atoms with van der Waals surface area (Å²) in [7, 11) is 1.55. The first kappa shape index (κ1) is 12.3. The fourth-order valence-corrected chi connectivity index (χ4v) is 1.20. The van der Waals surface area contributed by atoms with Crippen molar-refractivity contribution < 1.29 is 19.4 Å². The van der Waals surface area contributed by atoms with Crippen LogP contribution in [-0.2, 0) is 4.79 Å². The molecule has 0 saturated heterocycles. The van der Waals surface area contributed by atoms with Crippen LogP contribution in [0.1, 0.15) is 0 Å². The lowest BCUT2D eigenvalue weighted by Gasteiger charge is -2.10. The third-order valence-corrected chi connectivity index (χ3v) is 1.87. The maximum atomic E-state index is 10.2. The van der Waals surface area contributed by atoms with Crippen LogP contribution in [-0.4, -0.2) is 38.3 Å². The molecule has 1 aromatic carbocycles.